The Hall–Kier alpha value is -2.25. The molecule has 0 fully saturated rings. The van der Waals surface area contributed by atoms with Crippen LogP contribution < -0.4 is 4.74 Å². The fourth-order valence-electron chi connectivity index (χ4n) is 3.86. The number of thiophene rings is 1. The number of aryl methyl sites for hydroxylation is 1. The van der Waals surface area contributed by atoms with Gasteiger partial charge in [-0.3, -0.25) is 4.79 Å². The van der Waals surface area contributed by atoms with Gasteiger partial charge in [0, 0.05) is 21.4 Å². The summed E-state index contributed by atoms with van der Waals surface area (Å²) >= 11 is 1.45. The van der Waals surface area contributed by atoms with Crippen LogP contribution in [0.3, 0.4) is 0 Å². The van der Waals surface area contributed by atoms with Crippen molar-refractivity contribution in [3.8, 4) is 17.6 Å². The van der Waals surface area contributed by atoms with E-state index in [0.29, 0.717) is 0 Å². The lowest BCUT2D eigenvalue weighted by Gasteiger charge is -2.38. The number of ether oxygens (including phenoxy) is 1. The molecule has 4 heteroatoms. The Morgan fingerprint density at radius 1 is 1.22 bits per heavy atom. The summed E-state index contributed by atoms with van der Waals surface area (Å²) in [7, 11) is 0. The molecule has 2 aromatic rings. The van der Waals surface area contributed by atoms with Gasteiger partial charge in [-0.15, -0.1) is 11.3 Å². The van der Waals surface area contributed by atoms with E-state index in [4.69, 9.17) is 9.84 Å². The first-order chi connectivity index (χ1) is 13.0. The van der Waals surface area contributed by atoms with Crippen molar-refractivity contribution in [2.24, 2.45) is 0 Å². The van der Waals surface area contributed by atoms with Crippen molar-refractivity contribution in [3.63, 3.8) is 0 Å². The van der Waals surface area contributed by atoms with Gasteiger partial charge >= 0.3 is 5.97 Å². The highest BCUT2D eigenvalue weighted by atomic mass is 32.1. The highest BCUT2D eigenvalue weighted by molar-refractivity contribution is 7.12. The second-order valence-corrected chi connectivity index (χ2v) is 8.20. The van der Waals surface area contributed by atoms with E-state index in [-0.39, 0.29) is 11.8 Å². The predicted octanol–water partition coefficient (Wildman–Crippen LogP) is 5.18. The first kappa shape index (κ1) is 19.5. The van der Waals surface area contributed by atoms with Gasteiger partial charge in [-0.2, -0.15) is 0 Å². The van der Waals surface area contributed by atoms with Gasteiger partial charge in [0.2, 0.25) is 0 Å². The highest BCUT2D eigenvalue weighted by Crippen LogP contribution is 2.44. The lowest BCUT2D eigenvalue weighted by atomic mass is 9.71. The van der Waals surface area contributed by atoms with E-state index in [1.807, 2.05) is 12.1 Å². The molecule has 0 spiro atoms. The van der Waals surface area contributed by atoms with E-state index in [9.17, 15) is 4.79 Å². The monoisotopic (exact) mass is 382 g/mol. The summed E-state index contributed by atoms with van der Waals surface area (Å²) in [4.78, 5) is 12.6. The molecule has 0 radical (unpaired) electrons. The Labute approximate surface area is 165 Å². The van der Waals surface area contributed by atoms with Crippen molar-refractivity contribution in [3.05, 3.63) is 50.7 Å². The number of aliphatic carboxylic acids is 1. The Morgan fingerprint density at radius 2 is 2.00 bits per heavy atom. The molecular weight excluding hydrogens is 356 g/mol. The van der Waals surface area contributed by atoms with E-state index in [2.05, 4.69) is 44.7 Å². The largest absolute Gasteiger partial charge is 0.493 e. The molecule has 0 saturated heterocycles. The van der Waals surface area contributed by atoms with E-state index in [1.165, 1.54) is 22.5 Å². The van der Waals surface area contributed by atoms with Gasteiger partial charge in [-0.25, -0.2) is 0 Å². The van der Waals surface area contributed by atoms with Gasteiger partial charge in [0.25, 0.3) is 0 Å². The van der Waals surface area contributed by atoms with Crippen LogP contribution in [0.25, 0.3) is 0 Å². The van der Waals surface area contributed by atoms with E-state index in [1.54, 1.807) is 0 Å². The number of hydrogen-bond donors (Lipinski definition) is 1. The van der Waals surface area contributed by atoms with Crippen LogP contribution in [0, 0.1) is 11.8 Å². The number of carbonyl (C=O) groups is 1. The quantitative estimate of drug-likeness (QED) is 0.725. The SMILES string of the molecule is CCc1cc2c(cc1C#Cc1ccc(CC(=O)O)s1)C(CC)(CC)CCO2. The minimum Gasteiger partial charge on any atom is -0.493 e. The van der Waals surface area contributed by atoms with Crippen molar-refractivity contribution >= 4 is 17.3 Å². The number of benzene rings is 1. The summed E-state index contributed by atoms with van der Waals surface area (Å²) in [5.74, 6) is 6.79. The predicted molar refractivity (Wildman–Crippen MR) is 110 cm³/mol. The molecule has 1 aromatic carbocycles. The molecule has 0 aliphatic carbocycles. The minimum absolute atomic E-state index is 0.0538. The van der Waals surface area contributed by atoms with Crippen molar-refractivity contribution in [2.45, 2.75) is 58.3 Å². The summed E-state index contributed by atoms with van der Waals surface area (Å²) < 4.78 is 5.98. The second kappa shape index (κ2) is 8.19. The zero-order chi connectivity index (χ0) is 19.4. The molecule has 0 amide bonds. The van der Waals surface area contributed by atoms with Gasteiger partial charge < -0.3 is 9.84 Å². The van der Waals surface area contributed by atoms with Gasteiger partial charge in [-0.05, 0) is 55.5 Å². The van der Waals surface area contributed by atoms with Gasteiger partial charge in [0.1, 0.15) is 5.75 Å². The topological polar surface area (TPSA) is 46.5 Å². The van der Waals surface area contributed by atoms with Crippen LogP contribution in [-0.4, -0.2) is 17.7 Å². The molecule has 27 heavy (non-hydrogen) atoms. The number of rotatable bonds is 5. The molecular formula is C23H26O3S. The third-order valence-electron chi connectivity index (χ3n) is 5.66. The van der Waals surface area contributed by atoms with Crippen LogP contribution in [0.1, 0.15) is 66.5 Å². The molecule has 3 rings (SSSR count). The van der Waals surface area contributed by atoms with Crippen LogP contribution >= 0.6 is 11.3 Å². The number of hydrogen-bond acceptors (Lipinski definition) is 3. The number of carboxylic acid groups (broad SMARTS) is 1. The molecule has 0 unspecified atom stereocenters. The maximum absolute atomic E-state index is 10.9. The average molecular weight is 383 g/mol. The fourth-order valence-corrected chi connectivity index (χ4v) is 4.71. The lowest BCUT2D eigenvalue weighted by Crippen LogP contribution is -2.32. The maximum atomic E-state index is 10.9. The first-order valence-electron chi connectivity index (χ1n) is 9.64. The third-order valence-corrected chi connectivity index (χ3v) is 6.66. The standard InChI is InChI=1S/C23H26O3S/c1-4-16-14-21-20(23(5-2,6-3)11-12-26-21)13-17(16)7-8-18-9-10-19(27-18)15-22(24)25/h9-10,13-14H,4-6,11-12,15H2,1-3H3,(H,24,25). The Morgan fingerprint density at radius 3 is 2.67 bits per heavy atom. The molecule has 1 aromatic heterocycles. The van der Waals surface area contributed by atoms with E-state index >= 15 is 0 Å². The van der Waals surface area contributed by atoms with Crippen molar-refractivity contribution in [2.75, 3.05) is 6.61 Å². The number of carboxylic acids is 1. The lowest BCUT2D eigenvalue weighted by molar-refractivity contribution is -0.136. The van der Waals surface area contributed by atoms with Crippen LogP contribution in [0.5, 0.6) is 5.75 Å². The fraction of sp³-hybridized carbons (Fsp3) is 0.435. The van der Waals surface area contributed by atoms with Crippen LogP contribution in [0.4, 0.5) is 0 Å². The average Bonchev–Trinajstić information content (AvgIpc) is 3.11. The third kappa shape index (κ3) is 4.04. The van der Waals surface area contributed by atoms with Gasteiger partial charge in [-0.1, -0.05) is 32.6 Å². The molecule has 142 valence electrons. The molecule has 0 atom stereocenters. The van der Waals surface area contributed by atoms with Crippen LogP contribution in [0.2, 0.25) is 0 Å². The molecule has 1 N–H and O–H groups in total. The molecule has 0 bridgehead atoms. The first-order valence-corrected chi connectivity index (χ1v) is 10.5. The molecule has 1 aliphatic heterocycles. The highest BCUT2D eigenvalue weighted by Gasteiger charge is 2.35. The molecule has 0 saturated carbocycles. The van der Waals surface area contributed by atoms with Crippen molar-refractivity contribution in [1.82, 2.24) is 0 Å². The maximum Gasteiger partial charge on any atom is 0.308 e. The molecule has 2 heterocycles. The van der Waals surface area contributed by atoms with Crippen molar-refractivity contribution in [1.29, 1.82) is 0 Å². The summed E-state index contributed by atoms with van der Waals surface area (Å²) in [5.41, 5.74) is 3.72. The van der Waals surface area contributed by atoms with Gasteiger partial charge in [0.15, 0.2) is 0 Å². The minimum atomic E-state index is -0.810. The summed E-state index contributed by atoms with van der Waals surface area (Å²) in [6.45, 7) is 7.43. The zero-order valence-corrected chi connectivity index (χ0v) is 17.0. The Kier molecular flexibility index (Phi) is 5.92. The summed E-state index contributed by atoms with van der Waals surface area (Å²) in [6.07, 6.45) is 4.21. The second-order valence-electron chi connectivity index (χ2n) is 7.03. The van der Waals surface area contributed by atoms with E-state index < -0.39 is 5.97 Å². The Balaban J connectivity index is 1.99. The number of fused-ring (bicyclic) bond motifs is 1. The summed E-state index contributed by atoms with van der Waals surface area (Å²) in [5, 5.41) is 8.92. The molecule has 1 aliphatic rings. The normalized spacial score (nSPS) is 14.6. The van der Waals surface area contributed by atoms with E-state index in [0.717, 1.165) is 53.4 Å². The van der Waals surface area contributed by atoms with Crippen LogP contribution in [-0.2, 0) is 23.1 Å². The summed E-state index contributed by atoms with van der Waals surface area (Å²) in [6, 6.07) is 8.16. The van der Waals surface area contributed by atoms with Gasteiger partial charge in [0.05, 0.1) is 17.9 Å². The Bertz CT molecular complexity index is 894. The zero-order valence-electron chi connectivity index (χ0n) is 16.2. The molecule has 3 nitrogen and oxygen atoms in total. The van der Waals surface area contributed by atoms with Crippen molar-refractivity contribution < 1.29 is 14.6 Å². The smallest absolute Gasteiger partial charge is 0.308 e. The van der Waals surface area contributed by atoms with Crippen LogP contribution in [0.15, 0.2) is 24.3 Å².